The van der Waals surface area contributed by atoms with Crippen molar-refractivity contribution in [2.75, 3.05) is 17.2 Å². The monoisotopic (exact) mass is 384 g/mol. The van der Waals surface area contributed by atoms with E-state index in [-0.39, 0.29) is 36.0 Å². The molecule has 1 aliphatic heterocycles. The Morgan fingerprint density at radius 2 is 1.86 bits per heavy atom. The van der Waals surface area contributed by atoms with Crippen LogP contribution in [0.1, 0.15) is 5.56 Å². The summed E-state index contributed by atoms with van der Waals surface area (Å²) in [6, 6.07) is 4.90. The molecule has 0 saturated heterocycles. The first-order chi connectivity index (χ1) is 13.4. The standard InChI is InChI=1S/C16H12N6O6/c23-9(4-6-1-2-8-7(3-6)17-10(24)5-28-8)18-16-21-12-11(13(25)22-16)19-14(26)15(27)20-12/h1-3H,4-5H2,(H,17,24)(H,19,26)(H3,18,20,21,22,23,25,27). The zero-order valence-corrected chi connectivity index (χ0v) is 14.0. The molecule has 0 spiro atoms. The van der Waals surface area contributed by atoms with Crippen molar-refractivity contribution in [3.8, 4) is 5.75 Å². The Morgan fingerprint density at radius 3 is 2.68 bits per heavy atom. The third-order valence-corrected chi connectivity index (χ3v) is 3.90. The molecule has 0 saturated carbocycles. The van der Waals surface area contributed by atoms with E-state index in [9.17, 15) is 24.0 Å². The summed E-state index contributed by atoms with van der Waals surface area (Å²) < 4.78 is 5.25. The van der Waals surface area contributed by atoms with Crippen LogP contribution in [-0.2, 0) is 16.0 Å². The number of aromatic amines is 3. The van der Waals surface area contributed by atoms with Crippen molar-refractivity contribution in [1.29, 1.82) is 0 Å². The van der Waals surface area contributed by atoms with Gasteiger partial charge in [-0.25, -0.2) is 0 Å². The lowest BCUT2D eigenvalue weighted by Crippen LogP contribution is -2.32. The maximum atomic E-state index is 12.3. The molecule has 0 aliphatic carbocycles. The molecular formula is C16H12N6O6. The van der Waals surface area contributed by atoms with Crippen molar-refractivity contribution in [2.24, 2.45) is 0 Å². The summed E-state index contributed by atoms with van der Waals surface area (Å²) >= 11 is 0. The maximum absolute atomic E-state index is 12.3. The highest BCUT2D eigenvalue weighted by molar-refractivity contribution is 5.96. The van der Waals surface area contributed by atoms with E-state index in [1.807, 2.05) is 0 Å². The first-order valence-corrected chi connectivity index (χ1v) is 8.01. The number of fused-ring (bicyclic) bond motifs is 2. The number of carbonyl (C=O) groups excluding carboxylic acids is 2. The zero-order valence-electron chi connectivity index (χ0n) is 14.0. The predicted octanol–water partition coefficient (Wildman–Crippen LogP) is -1.19. The maximum Gasteiger partial charge on any atom is 0.315 e. The number of hydrogen-bond acceptors (Lipinski definition) is 7. The van der Waals surface area contributed by atoms with Crippen LogP contribution in [0.4, 0.5) is 11.6 Å². The molecular weight excluding hydrogens is 372 g/mol. The number of nitrogens with zero attached hydrogens (tertiary/aromatic N) is 1. The number of H-pyrrole nitrogens is 3. The summed E-state index contributed by atoms with van der Waals surface area (Å²) in [7, 11) is 0. The van der Waals surface area contributed by atoms with Gasteiger partial charge in [-0.05, 0) is 17.7 Å². The molecule has 12 nitrogen and oxygen atoms in total. The Labute approximate surface area is 154 Å². The Morgan fingerprint density at radius 1 is 1.07 bits per heavy atom. The molecule has 1 aliphatic rings. The van der Waals surface area contributed by atoms with E-state index in [2.05, 4.69) is 30.6 Å². The molecule has 3 heterocycles. The molecule has 28 heavy (non-hydrogen) atoms. The van der Waals surface area contributed by atoms with Crippen LogP contribution in [0.3, 0.4) is 0 Å². The van der Waals surface area contributed by atoms with Crippen molar-refractivity contribution in [2.45, 2.75) is 6.42 Å². The van der Waals surface area contributed by atoms with Crippen LogP contribution in [-0.4, -0.2) is 38.4 Å². The molecule has 3 aromatic rings. The van der Waals surface area contributed by atoms with Crippen LogP contribution >= 0.6 is 0 Å². The summed E-state index contributed by atoms with van der Waals surface area (Å²) in [5.41, 5.74) is -2.03. The number of aromatic nitrogens is 4. The molecule has 2 amide bonds. The summed E-state index contributed by atoms with van der Waals surface area (Å²) in [5, 5.41) is 5.05. The Balaban J connectivity index is 1.56. The van der Waals surface area contributed by atoms with E-state index < -0.39 is 22.6 Å². The average molecular weight is 384 g/mol. The normalized spacial score (nSPS) is 12.8. The molecule has 5 N–H and O–H groups in total. The van der Waals surface area contributed by atoms with Crippen molar-refractivity contribution in [3.05, 3.63) is 54.8 Å². The molecule has 0 atom stereocenters. The molecule has 12 heteroatoms. The van der Waals surface area contributed by atoms with E-state index in [1.165, 1.54) is 0 Å². The molecule has 0 unspecified atom stereocenters. The van der Waals surface area contributed by atoms with E-state index >= 15 is 0 Å². The van der Waals surface area contributed by atoms with Crippen molar-refractivity contribution >= 4 is 34.6 Å². The molecule has 0 radical (unpaired) electrons. The van der Waals surface area contributed by atoms with Crippen LogP contribution in [0.2, 0.25) is 0 Å². The number of carbonyl (C=O) groups is 2. The minimum absolute atomic E-state index is 0.0683. The highest BCUT2D eigenvalue weighted by Gasteiger charge is 2.17. The third kappa shape index (κ3) is 3.25. The summed E-state index contributed by atoms with van der Waals surface area (Å²) in [6.45, 7) is -0.0683. The van der Waals surface area contributed by atoms with Gasteiger partial charge in [0.25, 0.3) is 11.5 Å². The van der Waals surface area contributed by atoms with Gasteiger partial charge in [-0.3, -0.25) is 34.3 Å². The van der Waals surface area contributed by atoms with Gasteiger partial charge in [-0.15, -0.1) is 0 Å². The summed E-state index contributed by atoms with van der Waals surface area (Å²) in [4.78, 5) is 68.8. The van der Waals surface area contributed by atoms with E-state index in [4.69, 9.17) is 4.74 Å². The average Bonchev–Trinajstić information content (AvgIpc) is 2.63. The second kappa shape index (κ2) is 6.50. The van der Waals surface area contributed by atoms with Gasteiger partial charge in [0.2, 0.25) is 11.9 Å². The number of benzene rings is 1. The Hall–Kier alpha value is -4.22. The molecule has 142 valence electrons. The van der Waals surface area contributed by atoms with Gasteiger partial charge in [0.1, 0.15) is 5.75 Å². The van der Waals surface area contributed by atoms with Crippen molar-refractivity contribution in [1.82, 2.24) is 19.9 Å². The Kier molecular flexibility index (Phi) is 3.99. The highest BCUT2D eigenvalue weighted by atomic mass is 16.5. The number of anilines is 2. The van der Waals surface area contributed by atoms with Crippen molar-refractivity contribution < 1.29 is 14.3 Å². The SMILES string of the molecule is O=C(Cc1ccc2c(c1)NC(=O)CO2)Nc1nc2[nH]c(=O)c(=O)[nH]c2c(=O)[nH]1. The number of rotatable bonds is 3. The van der Waals surface area contributed by atoms with E-state index in [0.29, 0.717) is 17.0 Å². The van der Waals surface area contributed by atoms with Crippen LogP contribution in [0.15, 0.2) is 32.6 Å². The molecule has 1 aromatic carbocycles. The molecule has 2 aromatic heterocycles. The zero-order chi connectivity index (χ0) is 19.8. The lowest BCUT2D eigenvalue weighted by molar-refractivity contribution is -0.118. The lowest BCUT2D eigenvalue weighted by atomic mass is 10.1. The number of amides is 2. The van der Waals surface area contributed by atoms with Crippen LogP contribution < -0.4 is 32.0 Å². The minimum Gasteiger partial charge on any atom is -0.482 e. The topological polar surface area (TPSA) is 179 Å². The van der Waals surface area contributed by atoms with Gasteiger partial charge in [-0.1, -0.05) is 6.07 Å². The summed E-state index contributed by atoms with van der Waals surface area (Å²) in [6.07, 6.45) is -0.0763. The Bertz CT molecular complexity index is 1300. The highest BCUT2D eigenvalue weighted by Crippen LogP contribution is 2.28. The van der Waals surface area contributed by atoms with E-state index in [0.717, 1.165) is 0 Å². The molecule has 4 rings (SSSR count). The van der Waals surface area contributed by atoms with Gasteiger partial charge in [0.15, 0.2) is 17.8 Å². The second-order valence-electron chi connectivity index (χ2n) is 5.94. The quantitative estimate of drug-likeness (QED) is 0.352. The van der Waals surface area contributed by atoms with Crippen LogP contribution in [0.25, 0.3) is 11.2 Å². The van der Waals surface area contributed by atoms with Gasteiger partial charge >= 0.3 is 11.1 Å². The fraction of sp³-hybridized carbons (Fsp3) is 0.125. The van der Waals surface area contributed by atoms with Gasteiger partial charge in [0.05, 0.1) is 12.1 Å². The van der Waals surface area contributed by atoms with Gasteiger partial charge in [0, 0.05) is 0 Å². The van der Waals surface area contributed by atoms with Crippen LogP contribution in [0, 0.1) is 0 Å². The summed E-state index contributed by atoms with van der Waals surface area (Å²) in [5.74, 6) is -0.488. The predicted molar refractivity (Wildman–Crippen MR) is 96.5 cm³/mol. The fourth-order valence-electron chi connectivity index (χ4n) is 2.68. The largest absolute Gasteiger partial charge is 0.482 e. The first kappa shape index (κ1) is 17.2. The third-order valence-electron chi connectivity index (χ3n) is 3.90. The number of ether oxygens (including phenoxy) is 1. The molecule has 0 fully saturated rings. The van der Waals surface area contributed by atoms with Gasteiger partial charge in [-0.2, -0.15) is 4.98 Å². The van der Waals surface area contributed by atoms with E-state index in [1.54, 1.807) is 18.2 Å². The number of hydrogen-bond donors (Lipinski definition) is 5. The number of nitrogens with one attached hydrogen (secondary N) is 5. The molecule has 0 bridgehead atoms. The van der Waals surface area contributed by atoms with Crippen LogP contribution in [0.5, 0.6) is 5.75 Å². The van der Waals surface area contributed by atoms with Crippen molar-refractivity contribution in [3.63, 3.8) is 0 Å². The first-order valence-electron chi connectivity index (χ1n) is 8.01. The fourth-order valence-corrected chi connectivity index (χ4v) is 2.68. The second-order valence-corrected chi connectivity index (χ2v) is 5.94. The minimum atomic E-state index is -0.986. The smallest absolute Gasteiger partial charge is 0.315 e. The lowest BCUT2D eigenvalue weighted by Gasteiger charge is -2.18. The van der Waals surface area contributed by atoms with Gasteiger partial charge < -0.3 is 20.0 Å².